The maximum atomic E-state index is 13.8. The molecule has 1 aliphatic rings. The number of benzene rings is 2. The van der Waals surface area contributed by atoms with Crippen molar-refractivity contribution in [2.45, 2.75) is 39.2 Å². The molecule has 1 saturated heterocycles. The molecule has 1 aliphatic heterocycles. The van der Waals surface area contributed by atoms with Crippen LogP contribution in [0.2, 0.25) is 0 Å². The lowest BCUT2D eigenvalue weighted by Crippen LogP contribution is -2.15. The Balaban J connectivity index is 1.55. The molecule has 5 rings (SSSR count). The second-order valence-electron chi connectivity index (χ2n) is 10.4. The third-order valence-corrected chi connectivity index (χ3v) is 9.17. The van der Waals surface area contributed by atoms with Gasteiger partial charge in [0.05, 0.1) is 66.3 Å². The molecule has 0 aliphatic carbocycles. The number of sulfone groups is 1. The van der Waals surface area contributed by atoms with Crippen LogP contribution in [0.5, 0.6) is 11.5 Å². The number of pyridine rings is 1. The molecule has 2 aromatic carbocycles. The van der Waals surface area contributed by atoms with Crippen LogP contribution in [0, 0.1) is 6.92 Å². The number of unbranched alkanes of at least 4 members (excludes halogenated alkanes) is 1. The first-order valence-corrected chi connectivity index (χ1v) is 15.9. The number of esters is 1. The number of aromatic nitrogens is 3. The summed E-state index contributed by atoms with van der Waals surface area (Å²) in [6.07, 6.45) is 2.13. The van der Waals surface area contributed by atoms with Crippen LogP contribution in [0.1, 0.15) is 58.6 Å². The number of hydrogen-bond donors (Lipinski definition) is 1. The van der Waals surface area contributed by atoms with Crippen molar-refractivity contribution >= 4 is 38.4 Å². The van der Waals surface area contributed by atoms with Gasteiger partial charge in [-0.3, -0.25) is 4.79 Å². The number of hydrogen-bond acceptors (Lipinski definition) is 9. The number of nitrogens with zero attached hydrogens (tertiary/aromatic N) is 3. The van der Waals surface area contributed by atoms with Gasteiger partial charge in [-0.05, 0) is 68.3 Å². The van der Waals surface area contributed by atoms with Crippen LogP contribution in [0.15, 0.2) is 48.5 Å². The van der Waals surface area contributed by atoms with E-state index in [2.05, 4.69) is 10.4 Å². The summed E-state index contributed by atoms with van der Waals surface area (Å²) >= 11 is 0. The molecule has 4 aromatic rings. The second-order valence-corrected chi connectivity index (χ2v) is 12.7. The highest BCUT2D eigenvalue weighted by molar-refractivity contribution is 7.91. The fraction of sp³-hybridized carbons (Fsp3) is 0.355. The zero-order valence-corrected chi connectivity index (χ0v) is 25.4. The first-order chi connectivity index (χ1) is 20.6. The van der Waals surface area contributed by atoms with Gasteiger partial charge in [-0.1, -0.05) is 13.3 Å². The van der Waals surface area contributed by atoms with Crippen molar-refractivity contribution in [1.29, 1.82) is 0 Å². The van der Waals surface area contributed by atoms with Crippen LogP contribution in [0.3, 0.4) is 0 Å². The van der Waals surface area contributed by atoms with Gasteiger partial charge in [0.15, 0.2) is 27.0 Å². The van der Waals surface area contributed by atoms with Crippen LogP contribution in [0.4, 0.5) is 5.69 Å². The summed E-state index contributed by atoms with van der Waals surface area (Å²) < 4.78 is 42.4. The molecule has 1 amide bonds. The lowest BCUT2D eigenvalue weighted by atomic mass is 10.0. The predicted octanol–water partition coefficient (Wildman–Crippen LogP) is 4.99. The molecule has 3 heterocycles. The molecule has 1 atom stereocenters. The average Bonchev–Trinajstić information content (AvgIpc) is 3.54. The highest BCUT2D eigenvalue weighted by Gasteiger charge is 2.32. The number of methoxy groups -OCH3 is 2. The van der Waals surface area contributed by atoms with Crippen molar-refractivity contribution in [3.63, 3.8) is 0 Å². The van der Waals surface area contributed by atoms with E-state index in [1.165, 1.54) is 7.11 Å². The fourth-order valence-electron chi connectivity index (χ4n) is 5.14. The molecule has 0 saturated carbocycles. The van der Waals surface area contributed by atoms with Crippen LogP contribution >= 0.6 is 0 Å². The minimum Gasteiger partial charge on any atom is -0.493 e. The number of carbonyl (C=O) groups is 2. The SMILES string of the molecule is CCCCOC(=O)c1ccc(NC(=O)c2cc(-c3ccc(OC)c(OC)c3)nc3c2c(C)nn3C2CCS(=O)(=O)C2)cc1. The third kappa shape index (κ3) is 6.34. The van der Waals surface area contributed by atoms with E-state index in [9.17, 15) is 18.0 Å². The van der Waals surface area contributed by atoms with Gasteiger partial charge >= 0.3 is 5.97 Å². The number of anilines is 1. The number of fused-ring (bicyclic) bond motifs is 1. The van der Waals surface area contributed by atoms with E-state index in [-0.39, 0.29) is 11.5 Å². The smallest absolute Gasteiger partial charge is 0.338 e. The molecular formula is C31H34N4O7S. The molecule has 12 heteroatoms. The summed E-state index contributed by atoms with van der Waals surface area (Å²) in [6, 6.07) is 13.1. The second kappa shape index (κ2) is 12.4. The normalized spacial score (nSPS) is 15.8. The first-order valence-electron chi connectivity index (χ1n) is 14.0. The average molecular weight is 607 g/mol. The molecule has 11 nitrogen and oxygen atoms in total. The van der Waals surface area contributed by atoms with E-state index in [4.69, 9.17) is 19.2 Å². The summed E-state index contributed by atoms with van der Waals surface area (Å²) in [6.45, 7) is 4.15. The van der Waals surface area contributed by atoms with Crippen molar-refractivity contribution in [2.24, 2.45) is 0 Å². The number of rotatable bonds is 10. The molecule has 226 valence electrons. The van der Waals surface area contributed by atoms with Gasteiger partial charge in [0, 0.05) is 11.3 Å². The molecule has 0 bridgehead atoms. The van der Waals surface area contributed by atoms with Crippen LogP contribution in [-0.4, -0.2) is 67.4 Å². The lowest BCUT2D eigenvalue weighted by Gasteiger charge is -2.14. The van der Waals surface area contributed by atoms with Crippen molar-refractivity contribution in [3.8, 4) is 22.8 Å². The minimum atomic E-state index is -3.20. The van der Waals surface area contributed by atoms with E-state index in [1.807, 2.05) is 13.0 Å². The molecule has 1 fully saturated rings. The Morgan fingerprint density at radius 2 is 1.79 bits per heavy atom. The zero-order chi connectivity index (χ0) is 30.7. The van der Waals surface area contributed by atoms with Crippen molar-refractivity contribution in [2.75, 3.05) is 37.6 Å². The van der Waals surface area contributed by atoms with Gasteiger partial charge in [0.1, 0.15) is 0 Å². The van der Waals surface area contributed by atoms with Crippen molar-refractivity contribution in [1.82, 2.24) is 14.8 Å². The quantitative estimate of drug-likeness (QED) is 0.195. The van der Waals surface area contributed by atoms with Crippen LogP contribution in [0.25, 0.3) is 22.3 Å². The van der Waals surface area contributed by atoms with E-state index < -0.39 is 27.8 Å². The maximum Gasteiger partial charge on any atom is 0.338 e. The number of nitrogens with one attached hydrogen (secondary N) is 1. The topological polar surface area (TPSA) is 139 Å². The Morgan fingerprint density at radius 1 is 1.05 bits per heavy atom. The highest BCUT2D eigenvalue weighted by atomic mass is 32.2. The molecule has 2 aromatic heterocycles. The highest BCUT2D eigenvalue weighted by Crippen LogP contribution is 2.35. The Morgan fingerprint density at radius 3 is 2.44 bits per heavy atom. The predicted molar refractivity (Wildman–Crippen MR) is 163 cm³/mol. The molecular weight excluding hydrogens is 572 g/mol. The van der Waals surface area contributed by atoms with Gasteiger partial charge in [0.25, 0.3) is 5.91 Å². The minimum absolute atomic E-state index is 0.0414. The number of amides is 1. The van der Waals surface area contributed by atoms with Gasteiger partial charge in [-0.2, -0.15) is 5.10 Å². The summed E-state index contributed by atoms with van der Waals surface area (Å²) in [5.74, 6) is 0.240. The van der Waals surface area contributed by atoms with Crippen LogP contribution in [-0.2, 0) is 14.6 Å². The standard InChI is InChI=1S/C31H34N4O7S/c1-5-6-14-42-31(37)20-7-10-22(11-8-20)32-30(36)24-17-25(21-9-12-26(40-3)27(16-21)41-4)33-29-28(24)19(2)34-35(29)23-13-15-43(38,39)18-23/h7-12,16-17,23H,5-6,13-15,18H2,1-4H3,(H,32,36). The van der Waals surface area contributed by atoms with E-state index in [1.54, 1.807) is 61.2 Å². The van der Waals surface area contributed by atoms with Gasteiger partial charge in [0.2, 0.25) is 0 Å². The number of aryl methyl sites for hydroxylation is 1. The number of carbonyl (C=O) groups excluding carboxylic acids is 2. The van der Waals surface area contributed by atoms with Gasteiger partial charge < -0.3 is 19.5 Å². The molecule has 43 heavy (non-hydrogen) atoms. The van der Waals surface area contributed by atoms with E-state index >= 15 is 0 Å². The summed E-state index contributed by atoms with van der Waals surface area (Å²) in [5.41, 5.74) is 3.32. The van der Waals surface area contributed by atoms with Crippen molar-refractivity contribution < 1.29 is 32.2 Å². The largest absolute Gasteiger partial charge is 0.493 e. The lowest BCUT2D eigenvalue weighted by molar-refractivity contribution is 0.0499. The molecule has 1 N–H and O–H groups in total. The maximum absolute atomic E-state index is 13.8. The van der Waals surface area contributed by atoms with Gasteiger partial charge in [-0.15, -0.1) is 0 Å². The summed E-state index contributed by atoms with van der Waals surface area (Å²) in [7, 11) is -0.118. The number of ether oxygens (including phenoxy) is 3. The Bertz CT molecular complexity index is 1780. The Labute approximate surface area is 250 Å². The Hall–Kier alpha value is -4.45. The van der Waals surface area contributed by atoms with E-state index in [0.29, 0.717) is 69.3 Å². The van der Waals surface area contributed by atoms with Gasteiger partial charge in [-0.25, -0.2) is 22.9 Å². The first kappa shape index (κ1) is 30.0. The summed E-state index contributed by atoms with van der Waals surface area (Å²) in [5, 5.41) is 8.10. The molecule has 0 radical (unpaired) electrons. The van der Waals surface area contributed by atoms with Crippen molar-refractivity contribution in [3.05, 3.63) is 65.4 Å². The molecule has 1 unspecified atom stereocenters. The molecule has 0 spiro atoms. The van der Waals surface area contributed by atoms with Crippen LogP contribution < -0.4 is 14.8 Å². The fourth-order valence-corrected chi connectivity index (χ4v) is 6.83. The monoisotopic (exact) mass is 606 g/mol. The zero-order valence-electron chi connectivity index (χ0n) is 24.5. The Kier molecular flexibility index (Phi) is 8.67. The third-order valence-electron chi connectivity index (χ3n) is 7.42. The summed E-state index contributed by atoms with van der Waals surface area (Å²) in [4.78, 5) is 31.0. The van der Waals surface area contributed by atoms with E-state index in [0.717, 1.165) is 12.8 Å².